The van der Waals surface area contributed by atoms with Crippen LogP contribution < -0.4 is 0 Å². The van der Waals surface area contributed by atoms with E-state index in [4.69, 9.17) is 0 Å². The van der Waals surface area contributed by atoms with Crippen molar-refractivity contribution in [3.63, 3.8) is 0 Å². The lowest BCUT2D eigenvalue weighted by Crippen LogP contribution is -2.07. The molecule has 0 bridgehead atoms. The van der Waals surface area contributed by atoms with Crippen LogP contribution in [0.5, 0.6) is 0 Å². The Bertz CT molecular complexity index is 2070. The van der Waals surface area contributed by atoms with Crippen LogP contribution in [0.4, 0.5) is 0 Å². The molecule has 6 aromatic carbocycles. The highest BCUT2D eigenvalue weighted by Crippen LogP contribution is 2.37. The van der Waals surface area contributed by atoms with E-state index in [1.54, 1.807) is 0 Å². The molecule has 2 aromatic heterocycles. The fourth-order valence-electron chi connectivity index (χ4n) is 6.50. The molecule has 2 heteroatoms. The first-order chi connectivity index (χ1) is 20.1. The summed E-state index contributed by atoms with van der Waals surface area (Å²) >= 11 is 0. The largest absolute Gasteiger partial charge is 0.322 e. The molecule has 0 atom stereocenters. The molecular weight excluding hydrogens is 496 g/mol. The third-order valence-electron chi connectivity index (χ3n) is 8.54. The molecule has 0 spiro atoms. The fraction of sp³-hybridized carbons (Fsp3) is 0.0769. The summed E-state index contributed by atoms with van der Waals surface area (Å²) < 4.78 is 4.98. The summed E-state index contributed by atoms with van der Waals surface area (Å²) in [6.07, 6.45) is 0. The number of hydrogen-bond donors (Lipinski definition) is 0. The second kappa shape index (κ2) is 9.25. The molecule has 0 saturated heterocycles. The molecule has 41 heavy (non-hydrogen) atoms. The standard InChI is InChI=1S/C39H30N2/c1-26-13-17-36-32(21-26)34-23-30(28-9-5-3-6-10-28)15-19-38(34)40(36)25-41-37-18-14-27(2)22-33(37)35-24-31(16-20-39(35)41)29-11-7-4-8-12-29/h3-24H,25H2,1-2H3. The highest BCUT2D eigenvalue weighted by Gasteiger charge is 2.17. The van der Waals surface area contributed by atoms with Gasteiger partial charge in [0.2, 0.25) is 0 Å². The maximum Gasteiger partial charge on any atom is 0.100 e. The number of benzene rings is 6. The highest BCUT2D eigenvalue weighted by atomic mass is 15.2. The van der Waals surface area contributed by atoms with Gasteiger partial charge in [0, 0.05) is 21.5 Å². The number of hydrogen-bond acceptors (Lipinski definition) is 0. The van der Waals surface area contributed by atoms with Crippen LogP contribution in [0.15, 0.2) is 133 Å². The zero-order valence-corrected chi connectivity index (χ0v) is 23.3. The number of aryl methyl sites for hydroxylation is 2. The molecule has 0 N–H and O–H groups in total. The SMILES string of the molecule is Cc1ccc2c(c1)c1cc(-c3ccccc3)ccc1n2Cn1c2ccc(C)cc2c2cc(-c3ccccc3)ccc21. The van der Waals surface area contributed by atoms with Gasteiger partial charge in [-0.2, -0.15) is 0 Å². The van der Waals surface area contributed by atoms with Crippen molar-refractivity contribution in [3.05, 3.63) is 145 Å². The summed E-state index contributed by atoms with van der Waals surface area (Å²) in [5.74, 6) is 0. The Morgan fingerprint density at radius 1 is 0.366 bits per heavy atom. The third kappa shape index (κ3) is 3.87. The molecule has 0 aliphatic heterocycles. The Hall–Kier alpha value is -5.08. The first kappa shape index (κ1) is 23.8. The average molecular weight is 527 g/mol. The molecule has 2 nitrogen and oxygen atoms in total. The topological polar surface area (TPSA) is 9.86 Å². The molecule has 8 aromatic rings. The van der Waals surface area contributed by atoms with Gasteiger partial charge in [0.25, 0.3) is 0 Å². The van der Waals surface area contributed by atoms with Gasteiger partial charge in [-0.25, -0.2) is 0 Å². The van der Waals surface area contributed by atoms with Crippen molar-refractivity contribution in [2.75, 3.05) is 0 Å². The Balaban J connectivity index is 1.36. The number of rotatable bonds is 4. The molecule has 0 amide bonds. The van der Waals surface area contributed by atoms with Crippen LogP contribution in [0.1, 0.15) is 11.1 Å². The summed E-state index contributed by atoms with van der Waals surface area (Å²) in [6, 6.07) is 48.9. The van der Waals surface area contributed by atoms with Gasteiger partial charge in [-0.1, -0.05) is 96.1 Å². The zero-order chi connectivity index (χ0) is 27.5. The van der Waals surface area contributed by atoms with E-state index in [1.807, 2.05) is 0 Å². The molecule has 0 radical (unpaired) electrons. The van der Waals surface area contributed by atoms with Gasteiger partial charge in [0.15, 0.2) is 0 Å². The lowest BCUT2D eigenvalue weighted by Gasteiger charge is -2.13. The summed E-state index contributed by atoms with van der Waals surface area (Å²) in [7, 11) is 0. The van der Waals surface area contributed by atoms with E-state index >= 15 is 0 Å². The van der Waals surface area contributed by atoms with Crippen molar-refractivity contribution in [3.8, 4) is 22.3 Å². The van der Waals surface area contributed by atoms with Gasteiger partial charge in [0.05, 0.1) is 22.1 Å². The van der Waals surface area contributed by atoms with Crippen molar-refractivity contribution in [2.24, 2.45) is 0 Å². The summed E-state index contributed by atoms with van der Waals surface area (Å²) in [5.41, 5.74) is 12.6. The minimum Gasteiger partial charge on any atom is -0.322 e. The van der Waals surface area contributed by atoms with E-state index in [9.17, 15) is 0 Å². The molecule has 8 rings (SSSR count). The van der Waals surface area contributed by atoms with Gasteiger partial charge in [-0.15, -0.1) is 0 Å². The summed E-state index contributed by atoms with van der Waals surface area (Å²) in [6.45, 7) is 5.11. The molecule has 0 aliphatic rings. The molecule has 0 aliphatic carbocycles. The first-order valence-electron chi connectivity index (χ1n) is 14.3. The van der Waals surface area contributed by atoms with E-state index in [0.29, 0.717) is 0 Å². The Kier molecular flexibility index (Phi) is 5.36. The summed E-state index contributed by atoms with van der Waals surface area (Å²) in [4.78, 5) is 0. The Morgan fingerprint density at radius 2 is 0.732 bits per heavy atom. The van der Waals surface area contributed by atoms with Crippen molar-refractivity contribution in [1.29, 1.82) is 0 Å². The number of nitrogens with zero attached hydrogens (tertiary/aromatic N) is 2. The predicted octanol–water partition coefficient (Wildman–Crippen LogP) is 10.4. The minimum absolute atomic E-state index is 0.738. The Labute approximate surface area is 239 Å². The average Bonchev–Trinajstić information content (AvgIpc) is 3.49. The molecule has 196 valence electrons. The Morgan fingerprint density at radius 3 is 1.15 bits per heavy atom. The van der Waals surface area contributed by atoms with Gasteiger partial charge in [-0.3, -0.25) is 0 Å². The second-order valence-corrected chi connectivity index (χ2v) is 11.2. The second-order valence-electron chi connectivity index (χ2n) is 11.2. The van der Waals surface area contributed by atoms with Crippen molar-refractivity contribution in [1.82, 2.24) is 9.13 Å². The molecule has 0 fully saturated rings. The van der Waals surface area contributed by atoms with Gasteiger partial charge < -0.3 is 9.13 Å². The lowest BCUT2D eigenvalue weighted by molar-refractivity contribution is 0.682. The van der Waals surface area contributed by atoms with Gasteiger partial charge >= 0.3 is 0 Å². The van der Waals surface area contributed by atoms with Crippen LogP contribution in [0.2, 0.25) is 0 Å². The normalized spacial score (nSPS) is 11.8. The van der Waals surface area contributed by atoms with Crippen LogP contribution in [0, 0.1) is 13.8 Å². The van der Waals surface area contributed by atoms with Crippen LogP contribution in [-0.2, 0) is 6.67 Å². The van der Waals surface area contributed by atoms with Gasteiger partial charge in [-0.05, 0) is 84.6 Å². The quantitative estimate of drug-likeness (QED) is 0.216. The number of aromatic nitrogens is 2. The van der Waals surface area contributed by atoms with Gasteiger partial charge in [0.1, 0.15) is 6.67 Å². The van der Waals surface area contributed by atoms with Crippen LogP contribution in [0.3, 0.4) is 0 Å². The minimum atomic E-state index is 0.738. The van der Waals surface area contributed by atoms with Crippen LogP contribution in [-0.4, -0.2) is 9.13 Å². The predicted molar refractivity (Wildman–Crippen MR) is 175 cm³/mol. The van der Waals surface area contributed by atoms with E-state index in [0.717, 1.165) is 6.67 Å². The van der Waals surface area contributed by atoms with E-state index in [2.05, 4.69) is 156 Å². The van der Waals surface area contributed by atoms with Crippen LogP contribution in [0.25, 0.3) is 65.9 Å². The first-order valence-corrected chi connectivity index (χ1v) is 14.3. The van der Waals surface area contributed by atoms with Crippen molar-refractivity contribution >= 4 is 43.6 Å². The van der Waals surface area contributed by atoms with Crippen LogP contribution >= 0.6 is 0 Å². The maximum absolute atomic E-state index is 2.49. The third-order valence-corrected chi connectivity index (χ3v) is 8.54. The monoisotopic (exact) mass is 526 g/mol. The molecular formula is C39H30N2. The smallest absolute Gasteiger partial charge is 0.100 e. The van der Waals surface area contributed by atoms with E-state index in [1.165, 1.54) is 77.0 Å². The fourth-order valence-corrected chi connectivity index (χ4v) is 6.50. The van der Waals surface area contributed by atoms with Crippen molar-refractivity contribution < 1.29 is 0 Å². The zero-order valence-electron chi connectivity index (χ0n) is 23.3. The lowest BCUT2D eigenvalue weighted by atomic mass is 10.0. The van der Waals surface area contributed by atoms with Crippen molar-refractivity contribution in [2.45, 2.75) is 20.5 Å². The highest BCUT2D eigenvalue weighted by molar-refractivity contribution is 6.11. The summed E-state index contributed by atoms with van der Waals surface area (Å²) in [5, 5.41) is 5.21. The molecule has 0 unspecified atom stereocenters. The molecule has 2 heterocycles. The number of fused-ring (bicyclic) bond motifs is 6. The maximum atomic E-state index is 2.49. The molecule has 0 saturated carbocycles. The van der Waals surface area contributed by atoms with E-state index < -0.39 is 0 Å². The van der Waals surface area contributed by atoms with E-state index in [-0.39, 0.29) is 0 Å².